The Labute approximate surface area is 266 Å². The number of likely N-dealkylation sites (N-methyl/N-ethyl adjacent to an activating group) is 1. The van der Waals surface area contributed by atoms with Gasteiger partial charge in [-0.3, -0.25) is 4.79 Å². The number of piperidine rings is 1. The van der Waals surface area contributed by atoms with Crippen LogP contribution < -0.4 is 25.4 Å². The Morgan fingerprint density at radius 1 is 1.15 bits per heavy atom. The largest absolute Gasteiger partial charge is 0.497 e. The smallest absolute Gasteiger partial charge is 0.274 e. The number of hydrogen-bond donors (Lipinski definition) is 2. The van der Waals surface area contributed by atoms with Crippen LogP contribution in [0.3, 0.4) is 0 Å². The van der Waals surface area contributed by atoms with Crippen LogP contribution in [0.15, 0.2) is 61.2 Å². The molecule has 1 fully saturated rings. The van der Waals surface area contributed by atoms with Gasteiger partial charge in [0.15, 0.2) is 17.3 Å². The quantitative estimate of drug-likeness (QED) is 0.236. The van der Waals surface area contributed by atoms with E-state index < -0.39 is 0 Å². The Morgan fingerprint density at radius 2 is 1.98 bits per heavy atom. The number of nitrogen functional groups attached to an aromatic ring is 1. The highest BCUT2D eigenvalue weighted by Gasteiger charge is 2.29. The van der Waals surface area contributed by atoms with Gasteiger partial charge in [-0.1, -0.05) is 0 Å². The van der Waals surface area contributed by atoms with Crippen molar-refractivity contribution in [3.63, 3.8) is 0 Å². The normalized spacial score (nSPS) is 14.8. The number of nitrogens with one attached hydrogen (secondary N) is 1. The molecule has 5 heterocycles. The fourth-order valence-corrected chi connectivity index (χ4v) is 5.58. The Bertz CT molecular complexity index is 1870. The molecule has 0 saturated carbocycles. The fraction of sp³-hybridized carbons (Fsp3) is 0.312. The van der Waals surface area contributed by atoms with E-state index in [-0.39, 0.29) is 11.9 Å². The number of benzene rings is 1. The molecule has 14 heteroatoms. The number of anilines is 2. The van der Waals surface area contributed by atoms with Crippen LogP contribution >= 0.6 is 0 Å². The lowest BCUT2D eigenvalue weighted by atomic mass is 10.0. The summed E-state index contributed by atoms with van der Waals surface area (Å²) in [6.07, 6.45) is 6.27. The number of carbonyl (C=O) groups is 1. The molecule has 0 radical (unpaired) electrons. The van der Waals surface area contributed by atoms with E-state index in [1.807, 2.05) is 61.5 Å². The Balaban J connectivity index is 1.27. The molecule has 1 amide bonds. The zero-order valence-electron chi connectivity index (χ0n) is 25.9. The molecule has 46 heavy (non-hydrogen) atoms. The molecular weight excluding hydrogens is 586 g/mol. The van der Waals surface area contributed by atoms with E-state index in [0.717, 1.165) is 36.3 Å². The summed E-state index contributed by atoms with van der Waals surface area (Å²) in [6, 6.07) is 14.7. The van der Waals surface area contributed by atoms with Gasteiger partial charge in [-0.2, -0.15) is 15.5 Å². The summed E-state index contributed by atoms with van der Waals surface area (Å²) in [5, 5.41) is 21.4. The highest BCUT2D eigenvalue weighted by atomic mass is 16.5. The average Bonchev–Trinajstić information content (AvgIpc) is 3.68. The standard InChI is InChI=1S/C32H35N11O3/c1-40(2)13-14-46-28-18-37-42(24-8-10-25(45-3)11-9-24)30(28)32(44)39-23-5-4-12-41(19-23)27-15-26(21-6-7-22(16-33)35-17-21)43-29(27)31(34)36-20-38-43/h6-11,15,17-18,20,23H,4-5,12-14,19H2,1-3H3,(H,39,44)(H2,34,36,38)/t23-/m1/s1. The van der Waals surface area contributed by atoms with Gasteiger partial charge in [0.1, 0.15) is 36.0 Å². The molecule has 0 spiro atoms. The minimum absolute atomic E-state index is 0.170. The van der Waals surface area contributed by atoms with E-state index in [4.69, 9.17) is 15.2 Å². The number of nitrogens with two attached hydrogens (primary N) is 1. The second-order valence-corrected chi connectivity index (χ2v) is 11.2. The minimum Gasteiger partial charge on any atom is -0.497 e. The SMILES string of the molecule is COc1ccc(-n2ncc(OCCN(C)C)c2C(=O)N[C@@H]2CCCN(c3cc(-c4ccc(C#N)nc4)n4ncnc(N)c34)C2)cc1. The first-order valence-electron chi connectivity index (χ1n) is 14.9. The highest BCUT2D eigenvalue weighted by molar-refractivity contribution is 5.96. The average molecular weight is 622 g/mol. The molecule has 1 aromatic carbocycles. The summed E-state index contributed by atoms with van der Waals surface area (Å²) in [5.74, 6) is 1.17. The number of methoxy groups -OCH3 is 1. The van der Waals surface area contributed by atoms with Crippen LogP contribution in [0.2, 0.25) is 0 Å². The number of pyridine rings is 1. The van der Waals surface area contributed by atoms with Crippen molar-refractivity contribution in [3.8, 4) is 34.5 Å². The third kappa shape index (κ3) is 6.13. The van der Waals surface area contributed by atoms with Crippen LogP contribution in [0, 0.1) is 11.3 Å². The molecule has 1 aliphatic heterocycles. The molecule has 0 unspecified atom stereocenters. The number of amides is 1. The van der Waals surface area contributed by atoms with Crippen molar-refractivity contribution >= 4 is 22.9 Å². The zero-order chi connectivity index (χ0) is 32.2. The molecule has 4 aromatic heterocycles. The first kappa shape index (κ1) is 30.4. The molecule has 1 aliphatic rings. The number of rotatable bonds is 10. The molecule has 5 aromatic rings. The number of aromatic nitrogens is 6. The second-order valence-electron chi connectivity index (χ2n) is 11.2. The summed E-state index contributed by atoms with van der Waals surface area (Å²) in [7, 11) is 5.53. The third-order valence-electron chi connectivity index (χ3n) is 7.90. The van der Waals surface area contributed by atoms with Crippen molar-refractivity contribution in [2.75, 3.05) is 58.1 Å². The van der Waals surface area contributed by atoms with Crippen LogP contribution in [0.4, 0.5) is 11.5 Å². The Kier molecular flexibility index (Phi) is 8.66. The first-order valence-corrected chi connectivity index (χ1v) is 14.9. The molecule has 236 valence electrons. The molecule has 0 aliphatic carbocycles. The summed E-state index contributed by atoms with van der Waals surface area (Å²) in [4.78, 5) is 26.7. The van der Waals surface area contributed by atoms with Crippen molar-refractivity contribution in [2.45, 2.75) is 18.9 Å². The van der Waals surface area contributed by atoms with Crippen molar-refractivity contribution in [3.05, 3.63) is 72.6 Å². The topological polar surface area (TPSA) is 165 Å². The van der Waals surface area contributed by atoms with Gasteiger partial charge in [-0.15, -0.1) is 0 Å². The zero-order valence-corrected chi connectivity index (χ0v) is 25.9. The van der Waals surface area contributed by atoms with E-state index >= 15 is 0 Å². The fourth-order valence-electron chi connectivity index (χ4n) is 5.58. The van der Waals surface area contributed by atoms with Gasteiger partial charge >= 0.3 is 0 Å². The molecule has 3 N–H and O–H groups in total. The summed E-state index contributed by atoms with van der Waals surface area (Å²) >= 11 is 0. The summed E-state index contributed by atoms with van der Waals surface area (Å²) in [5.41, 5.74) is 10.8. The predicted octanol–water partition coefficient (Wildman–Crippen LogP) is 2.78. The molecule has 1 saturated heterocycles. The lowest BCUT2D eigenvalue weighted by Crippen LogP contribution is -2.48. The molecule has 1 atom stereocenters. The van der Waals surface area contributed by atoms with Gasteiger partial charge < -0.3 is 30.3 Å². The van der Waals surface area contributed by atoms with Crippen LogP contribution in [0.5, 0.6) is 11.5 Å². The number of nitriles is 1. The molecular formula is C32H35N11O3. The van der Waals surface area contributed by atoms with E-state index in [0.29, 0.717) is 59.6 Å². The Hall–Kier alpha value is -5.68. The number of nitrogens with zero attached hydrogens (tertiary/aromatic N) is 9. The van der Waals surface area contributed by atoms with E-state index in [2.05, 4.69) is 30.4 Å². The maximum absolute atomic E-state index is 14.0. The van der Waals surface area contributed by atoms with Gasteiger partial charge in [-0.05, 0) is 69.4 Å². The third-order valence-corrected chi connectivity index (χ3v) is 7.90. The van der Waals surface area contributed by atoms with Gasteiger partial charge in [0.2, 0.25) is 0 Å². The van der Waals surface area contributed by atoms with Gasteiger partial charge in [0, 0.05) is 37.4 Å². The number of ether oxygens (including phenoxy) is 2. The number of carbonyl (C=O) groups excluding carboxylic acids is 1. The highest BCUT2D eigenvalue weighted by Crippen LogP contribution is 2.35. The lowest BCUT2D eigenvalue weighted by molar-refractivity contribution is 0.0920. The summed E-state index contributed by atoms with van der Waals surface area (Å²) in [6.45, 7) is 2.39. The number of fused-ring (bicyclic) bond motifs is 1. The Morgan fingerprint density at radius 3 is 2.70 bits per heavy atom. The lowest BCUT2D eigenvalue weighted by Gasteiger charge is -2.34. The minimum atomic E-state index is -0.283. The van der Waals surface area contributed by atoms with Crippen molar-refractivity contribution in [1.82, 2.24) is 39.6 Å². The van der Waals surface area contributed by atoms with Gasteiger partial charge in [0.25, 0.3) is 5.91 Å². The van der Waals surface area contributed by atoms with Crippen LogP contribution in [0.1, 0.15) is 29.0 Å². The van der Waals surface area contributed by atoms with Crippen LogP contribution in [-0.4, -0.2) is 93.7 Å². The van der Waals surface area contributed by atoms with Gasteiger partial charge in [-0.25, -0.2) is 19.2 Å². The summed E-state index contributed by atoms with van der Waals surface area (Å²) < 4.78 is 14.7. The van der Waals surface area contributed by atoms with Gasteiger partial charge in [0.05, 0.1) is 30.4 Å². The first-order chi connectivity index (χ1) is 22.4. The van der Waals surface area contributed by atoms with E-state index in [1.165, 1.54) is 6.33 Å². The monoisotopic (exact) mass is 621 g/mol. The van der Waals surface area contributed by atoms with Crippen molar-refractivity contribution in [2.24, 2.45) is 0 Å². The van der Waals surface area contributed by atoms with E-state index in [1.54, 1.807) is 34.8 Å². The molecule has 0 bridgehead atoms. The maximum atomic E-state index is 14.0. The van der Waals surface area contributed by atoms with Crippen molar-refractivity contribution in [1.29, 1.82) is 5.26 Å². The maximum Gasteiger partial charge on any atom is 0.274 e. The van der Waals surface area contributed by atoms with Crippen molar-refractivity contribution < 1.29 is 14.3 Å². The predicted molar refractivity (Wildman–Crippen MR) is 172 cm³/mol. The second kappa shape index (κ2) is 13.1. The van der Waals surface area contributed by atoms with E-state index in [9.17, 15) is 10.1 Å². The molecule has 14 nitrogen and oxygen atoms in total. The van der Waals surface area contributed by atoms with Crippen LogP contribution in [0.25, 0.3) is 22.5 Å². The van der Waals surface area contributed by atoms with Crippen LogP contribution in [-0.2, 0) is 0 Å². The number of hydrogen-bond acceptors (Lipinski definition) is 11. The molecule has 6 rings (SSSR count).